The van der Waals surface area contributed by atoms with Crippen molar-refractivity contribution in [3.8, 4) is 5.75 Å². The predicted molar refractivity (Wildman–Crippen MR) is 155 cm³/mol. The Morgan fingerprint density at radius 3 is 2.69 bits per heavy atom. The number of halogens is 3. The minimum Gasteiger partial charge on any atom is -0.487 e. The molecule has 2 saturated heterocycles. The Labute approximate surface area is 264 Å². The van der Waals surface area contributed by atoms with Crippen LogP contribution in [0.4, 0.5) is 8.78 Å². The molecule has 11 nitrogen and oxygen atoms in total. The van der Waals surface area contributed by atoms with Crippen molar-refractivity contribution in [2.75, 3.05) is 19.6 Å². The molecular formula is C31H38ClF2N5O6. The molecule has 244 valence electrons. The summed E-state index contributed by atoms with van der Waals surface area (Å²) in [5, 5.41) is 28.9. The number of aryl methyl sites for hydroxylation is 1. The number of hydrogen-bond donors (Lipinski definition) is 2. The van der Waals surface area contributed by atoms with Gasteiger partial charge in [-0.2, -0.15) is 0 Å². The summed E-state index contributed by atoms with van der Waals surface area (Å²) >= 11 is 6.73. The van der Waals surface area contributed by atoms with Crippen LogP contribution in [0.25, 0.3) is 0 Å². The summed E-state index contributed by atoms with van der Waals surface area (Å²) < 4.78 is 40.2. The van der Waals surface area contributed by atoms with Crippen LogP contribution in [0.5, 0.6) is 5.75 Å². The number of benzene rings is 1. The van der Waals surface area contributed by atoms with Gasteiger partial charge in [0.05, 0.1) is 12.1 Å². The number of rotatable bonds is 8. The van der Waals surface area contributed by atoms with Crippen LogP contribution in [-0.4, -0.2) is 85.0 Å². The number of hydrogen-bond acceptors (Lipinski definition) is 8. The van der Waals surface area contributed by atoms with Gasteiger partial charge in [0, 0.05) is 55.0 Å². The summed E-state index contributed by atoms with van der Waals surface area (Å²) in [6, 6.07) is 2.75. The van der Waals surface area contributed by atoms with E-state index in [0.29, 0.717) is 61.5 Å². The SMILES string of the molecule is Cn1nnc(COc2ccc(Cl)c3c2C(CN2CC4(CC4)CC2=O)N(C(=O)[C@@H]2CC[C@H](O)C[C@]2(C)C2OC2O)CC3)c1C(F)F. The van der Waals surface area contributed by atoms with Gasteiger partial charge in [0.1, 0.15) is 29.8 Å². The highest BCUT2D eigenvalue weighted by Crippen LogP contribution is 2.55. The zero-order valence-corrected chi connectivity index (χ0v) is 26.1. The van der Waals surface area contributed by atoms with Crippen molar-refractivity contribution in [3.05, 3.63) is 39.7 Å². The summed E-state index contributed by atoms with van der Waals surface area (Å²) in [7, 11) is 1.39. The van der Waals surface area contributed by atoms with E-state index in [2.05, 4.69) is 10.3 Å². The van der Waals surface area contributed by atoms with Crippen LogP contribution in [0.1, 0.15) is 80.4 Å². The zero-order valence-electron chi connectivity index (χ0n) is 25.3. The number of aliphatic hydroxyl groups is 2. The molecule has 2 saturated carbocycles. The van der Waals surface area contributed by atoms with Gasteiger partial charge in [-0.25, -0.2) is 13.5 Å². The van der Waals surface area contributed by atoms with Crippen LogP contribution in [-0.2, 0) is 34.4 Å². The third-order valence-electron chi connectivity index (χ3n) is 10.8. The van der Waals surface area contributed by atoms with Crippen LogP contribution in [0.3, 0.4) is 0 Å². The minimum atomic E-state index is -2.79. The van der Waals surface area contributed by atoms with Crippen molar-refractivity contribution >= 4 is 23.4 Å². The van der Waals surface area contributed by atoms with Gasteiger partial charge < -0.3 is 29.5 Å². The maximum absolute atomic E-state index is 14.7. The van der Waals surface area contributed by atoms with Crippen molar-refractivity contribution in [3.63, 3.8) is 0 Å². The largest absolute Gasteiger partial charge is 0.487 e. The normalized spacial score (nSPS) is 31.9. The van der Waals surface area contributed by atoms with Gasteiger partial charge in [0.15, 0.2) is 6.29 Å². The molecule has 45 heavy (non-hydrogen) atoms. The molecule has 2 aliphatic carbocycles. The fraction of sp³-hybridized carbons (Fsp3) is 0.677. The van der Waals surface area contributed by atoms with Gasteiger partial charge in [-0.05, 0) is 61.6 Å². The standard InChI is InChI=1S/C31H38ClF2N5O6/c1-30(26-29(43)45-26)11-16(40)3-4-18(30)28(42)39-10-7-17-19(32)5-6-22(44-14-20-25(27(33)34)37(2)36-35-20)24(17)21(39)13-38-15-31(8-9-31)12-23(38)41/h5-6,16,18,21,26-27,29,40,43H,3-4,7-15H2,1-2H3/t16-,18-,21?,26?,29?,30-/m0/s1. The Balaban J connectivity index is 1.25. The number of ether oxygens (including phenoxy) is 2. The number of aromatic nitrogens is 3. The second-order valence-corrected chi connectivity index (χ2v) is 14.2. The van der Waals surface area contributed by atoms with Crippen molar-refractivity contribution in [2.24, 2.45) is 23.8 Å². The fourth-order valence-electron chi connectivity index (χ4n) is 8.10. The van der Waals surface area contributed by atoms with Crippen LogP contribution < -0.4 is 4.74 Å². The molecule has 0 bridgehead atoms. The second kappa shape index (κ2) is 11.1. The number of nitrogens with zero attached hydrogens (tertiary/aromatic N) is 5. The first-order valence-corrected chi connectivity index (χ1v) is 16.0. The van der Waals surface area contributed by atoms with Crippen molar-refractivity contribution in [1.82, 2.24) is 24.8 Å². The highest BCUT2D eigenvalue weighted by Gasteiger charge is 2.60. The van der Waals surface area contributed by atoms with Crippen molar-refractivity contribution < 1.29 is 38.1 Å². The first-order chi connectivity index (χ1) is 21.4. The molecule has 5 aliphatic rings. The molecule has 2 N–H and O–H groups in total. The molecule has 0 radical (unpaired) electrons. The predicted octanol–water partition coefficient (Wildman–Crippen LogP) is 3.31. The molecule has 3 aliphatic heterocycles. The second-order valence-electron chi connectivity index (χ2n) is 13.8. The van der Waals surface area contributed by atoms with E-state index in [9.17, 15) is 28.6 Å². The van der Waals surface area contributed by atoms with Gasteiger partial charge in [-0.3, -0.25) is 9.59 Å². The molecule has 1 spiro atoms. The van der Waals surface area contributed by atoms with Gasteiger partial charge in [0.25, 0.3) is 6.43 Å². The lowest BCUT2D eigenvalue weighted by Crippen LogP contribution is -2.53. The van der Waals surface area contributed by atoms with Gasteiger partial charge >= 0.3 is 0 Å². The number of aliphatic hydroxyl groups excluding tert-OH is 2. The van der Waals surface area contributed by atoms with E-state index in [1.165, 1.54) is 7.05 Å². The average Bonchev–Trinajstić information content (AvgIpc) is 3.86. The Bertz CT molecular complexity index is 1520. The lowest BCUT2D eigenvalue weighted by atomic mass is 9.63. The van der Waals surface area contributed by atoms with Gasteiger partial charge in [-0.1, -0.05) is 23.7 Å². The Kier molecular flexibility index (Phi) is 7.61. The van der Waals surface area contributed by atoms with E-state index in [4.69, 9.17) is 21.1 Å². The number of alkyl halides is 2. The quantitative estimate of drug-likeness (QED) is 0.416. The summed E-state index contributed by atoms with van der Waals surface area (Å²) in [5.74, 6) is -0.264. The Morgan fingerprint density at radius 1 is 1.27 bits per heavy atom. The van der Waals surface area contributed by atoms with E-state index in [1.807, 2.05) is 11.8 Å². The van der Waals surface area contributed by atoms with E-state index in [1.54, 1.807) is 17.0 Å². The third-order valence-corrected chi connectivity index (χ3v) is 11.2. The van der Waals surface area contributed by atoms with E-state index in [0.717, 1.165) is 23.1 Å². The third kappa shape index (κ3) is 5.39. The zero-order chi connectivity index (χ0) is 31.8. The molecule has 7 rings (SSSR count). The van der Waals surface area contributed by atoms with Crippen molar-refractivity contribution in [2.45, 2.75) is 89.4 Å². The molecule has 4 heterocycles. The number of likely N-dealkylation sites (tertiary alicyclic amines) is 1. The van der Waals surface area contributed by atoms with Gasteiger partial charge in [-0.15, -0.1) is 5.10 Å². The summed E-state index contributed by atoms with van der Waals surface area (Å²) in [5.41, 5.74) is 0.313. The van der Waals surface area contributed by atoms with E-state index >= 15 is 0 Å². The topological polar surface area (TPSA) is 134 Å². The number of amides is 2. The minimum absolute atomic E-state index is 0.00130. The highest BCUT2D eigenvalue weighted by molar-refractivity contribution is 6.31. The molecule has 3 unspecified atom stereocenters. The molecule has 14 heteroatoms. The monoisotopic (exact) mass is 649 g/mol. The molecule has 2 aromatic rings. The molecule has 6 atom stereocenters. The van der Waals surface area contributed by atoms with Crippen LogP contribution in [0, 0.1) is 16.7 Å². The van der Waals surface area contributed by atoms with Crippen LogP contribution >= 0.6 is 11.6 Å². The number of epoxide rings is 1. The first kappa shape index (κ1) is 30.8. The molecule has 1 aromatic heterocycles. The van der Waals surface area contributed by atoms with Gasteiger partial charge in [0.2, 0.25) is 11.8 Å². The molecule has 1 aromatic carbocycles. The van der Waals surface area contributed by atoms with E-state index in [-0.39, 0.29) is 41.8 Å². The lowest BCUT2D eigenvalue weighted by Gasteiger charge is -2.47. The summed E-state index contributed by atoms with van der Waals surface area (Å²) in [6.07, 6.45) is -0.856. The summed E-state index contributed by atoms with van der Waals surface area (Å²) in [6.45, 7) is 2.81. The fourth-order valence-corrected chi connectivity index (χ4v) is 8.36. The van der Waals surface area contributed by atoms with E-state index < -0.39 is 42.3 Å². The summed E-state index contributed by atoms with van der Waals surface area (Å²) in [4.78, 5) is 31.5. The van der Waals surface area contributed by atoms with Crippen LogP contribution in [0.2, 0.25) is 5.02 Å². The highest BCUT2D eigenvalue weighted by atomic mass is 35.5. The lowest BCUT2D eigenvalue weighted by molar-refractivity contribution is -0.149. The molecule has 4 fully saturated rings. The first-order valence-electron chi connectivity index (χ1n) is 15.6. The van der Waals surface area contributed by atoms with Crippen molar-refractivity contribution in [1.29, 1.82) is 0 Å². The average molecular weight is 650 g/mol. The number of carbonyl (C=O) groups is 2. The number of carbonyl (C=O) groups excluding carboxylic acids is 2. The Hall–Kier alpha value is -2.87. The van der Waals surface area contributed by atoms with Crippen LogP contribution in [0.15, 0.2) is 12.1 Å². The number of fused-ring (bicyclic) bond motifs is 1. The maximum atomic E-state index is 14.7. The maximum Gasteiger partial charge on any atom is 0.282 e. The molecular weight excluding hydrogens is 612 g/mol. The smallest absolute Gasteiger partial charge is 0.282 e. The molecule has 2 amide bonds. The Morgan fingerprint density at radius 2 is 2.02 bits per heavy atom.